The smallest absolute Gasteiger partial charge is 0.230 e. The maximum atomic E-state index is 13.4. The van der Waals surface area contributed by atoms with Gasteiger partial charge in [-0.15, -0.1) is 0 Å². The van der Waals surface area contributed by atoms with Gasteiger partial charge in [0.2, 0.25) is 5.91 Å². The first-order valence-corrected chi connectivity index (χ1v) is 9.15. The fourth-order valence-corrected chi connectivity index (χ4v) is 3.69. The Morgan fingerprint density at radius 3 is 2.72 bits per heavy atom. The molecule has 1 aromatic carbocycles. The molecule has 0 bridgehead atoms. The summed E-state index contributed by atoms with van der Waals surface area (Å²) in [7, 11) is 0. The molecule has 1 saturated heterocycles. The van der Waals surface area contributed by atoms with E-state index < -0.39 is 0 Å². The molecule has 0 spiro atoms. The van der Waals surface area contributed by atoms with E-state index in [0.717, 1.165) is 37.1 Å². The molecule has 3 nitrogen and oxygen atoms in total. The molecule has 0 radical (unpaired) electrons. The second-order valence-electron chi connectivity index (χ2n) is 6.72. The number of hydrogen-bond acceptors (Lipinski definition) is 2. The summed E-state index contributed by atoms with van der Waals surface area (Å²) in [5, 5.41) is 0. The minimum Gasteiger partial charge on any atom is -0.339 e. The zero-order valence-electron chi connectivity index (χ0n) is 14.7. The van der Waals surface area contributed by atoms with Gasteiger partial charge in [0.25, 0.3) is 0 Å². The fourth-order valence-electron chi connectivity index (χ4n) is 3.69. The van der Waals surface area contributed by atoms with Crippen LogP contribution in [0, 0.1) is 5.82 Å². The van der Waals surface area contributed by atoms with E-state index in [9.17, 15) is 9.18 Å². The van der Waals surface area contributed by atoms with Gasteiger partial charge in [0, 0.05) is 30.9 Å². The second-order valence-corrected chi connectivity index (χ2v) is 6.72. The van der Waals surface area contributed by atoms with Gasteiger partial charge in [0.1, 0.15) is 5.82 Å². The molecule has 2 heterocycles. The number of nitrogens with zero attached hydrogens (tertiary/aromatic N) is 2. The number of likely N-dealkylation sites (tertiary alicyclic amines) is 1. The normalized spacial score (nSPS) is 18.8. The first-order chi connectivity index (χ1) is 12.2. The summed E-state index contributed by atoms with van der Waals surface area (Å²) in [6.07, 6.45) is 6.58. The SMILES string of the molecule is CCC1CCCCN1C(=O)C(Cc1ccccn1)c1ccc(F)cc1. The highest BCUT2D eigenvalue weighted by atomic mass is 19.1. The van der Waals surface area contributed by atoms with Crippen LogP contribution in [0.5, 0.6) is 0 Å². The number of hydrogen-bond donors (Lipinski definition) is 0. The third-order valence-electron chi connectivity index (χ3n) is 5.09. The first kappa shape index (κ1) is 17.6. The maximum Gasteiger partial charge on any atom is 0.230 e. The molecule has 1 amide bonds. The topological polar surface area (TPSA) is 33.2 Å². The van der Waals surface area contributed by atoms with Crippen molar-refractivity contribution in [1.82, 2.24) is 9.88 Å². The van der Waals surface area contributed by atoms with E-state index >= 15 is 0 Å². The van der Waals surface area contributed by atoms with Crippen LogP contribution in [0.4, 0.5) is 4.39 Å². The number of pyridine rings is 1. The second kappa shape index (κ2) is 8.24. The van der Waals surface area contributed by atoms with Crippen LogP contribution in [0.25, 0.3) is 0 Å². The lowest BCUT2D eigenvalue weighted by molar-refractivity contribution is -0.136. The van der Waals surface area contributed by atoms with E-state index in [0.29, 0.717) is 12.5 Å². The van der Waals surface area contributed by atoms with Crippen LogP contribution in [-0.2, 0) is 11.2 Å². The summed E-state index contributed by atoms with van der Waals surface area (Å²) in [5.41, 5.74) is 1.74. The van der Waals surface area contributed by atoms with Gasteiger partial charge in [0.15, 0.2) is 0 Å². The number of halogens is 1. The summed E-state index contributed by atoms with van der Waals surface area (Å²) < 4.78 is 13.3. The zero-order chi connectivity index (χ0) is 17.6. The van der Waals surface area contributed by atoms with Gasteiger partial charge in [-0.05, 0) is 55.5 Å². The molecular formula is C21H25FN2O. The number of amides is 1. The van der Waals surface area contributed by atoms with E-state index in [1.165, 1.54) is 18.6 Å². The van der Waals surface area contributed by atoms with E-state index in [1.54, 1.807) is 18.3 Å². The van der Waals surface area contributed by atoms with E-state index in [4.69, 9.17) is 0 Å². The van der Waals surface area contributed by atoms with E-state index in [2.05, 4.69) is 11.9 Å². The standard InChI is InChI=1S/C21H25FN2O/c1-2-19-8-4-6-14-24(19)21(25)20(15-18-7-3-5-13-23-18)16-9-11-17(22)12-10-16/h3,5,7,9-13,19-20H,2,4,6,8,14-15H2,1H3. The largest absolute Gasteiger partial charge is 0.339 e. The van der Waals surface area contributed by atoms with Crippen molar-refractivity contribution in [2.45, 2.75) is 51.0 Å². The monoisotopic (exact) mass is 340 g/mol. The first-order valence-electron chi connectivity index (χ1n) is 9.15. The molecule has 0 aliphatic carbocycles. The lowest BCUT2D eigenvalue weighted by Crippen LogP contribution is -2.46. The fraction of sp³-hybridized carbons (Fsp3) is 0.429. The maximum absolute atomic E-state index is 13.4. The summed E-state index contributed by atoms with van der Waals surface area (Å²) in [6.45, 7) is 2.96. The molecule has 2 aromatic rings. The number of carbonyl (C=O) groups excluding carboxylic acids is 1. The van der Waals surface area contributed by atoms with Crippen LogP contribution >= 0.6 is 0 Å². The van der Waals surface area contributed by atoms with Gasteiger partial charge in [-0.1, -0.05) is 25.1 Å². The highest BCUT2D eigenvalue weighted by molar-refractivity contribution is 5.84. The van der Waals surface area contributed by atoms with Crippen molar-refractivity contribution in [2.24, 2.45) is 0 Å². The molecule has 1 fully saturated rings. The zero-order valence-corrected chi connectivity index (χ0v) is 14.7. The molecule has 2 atom stereocenters. The molecular weight excluding hydrogens is 315 g/mol. The van der Waals surface area contributed by atoms with Crippen molar-refractivity contribution in [3.8, 4) is 0 Å². The Hall–Kier alpha value is -2.23. The molecule has 1 aromatic heterocycles. The quantitative estimate of drug-likeness (QED) is 0.811. The number of carbonyl (C=O) groups is 1. The number of rotatable bonds is 5. The van der Waals surface area contributed by atoms with Crippen LogP contribution in [0.15, 0.2) is 48.7 Å². The van der Waals surface area contributed by atoms with Crippen LogP contribution in [-0.4, -0.2) is 28.4 Å². The van der Waals surface area contributed by atoms with Gasteiger partial charge in [-0.25, -0.2) is 4.39 Å². The minimum absolute atomic E-state index is 0.142. The molecule has 2 unspecified atom stereocenters. The summed E-state index contributed by atoms with van der Waals surface area (Å²) in [5.74, 6) is -0.455. The Morgan fingerprint density at radius 1 is 1.24 bits per heavy atom. The van der Waals surface area contributed by atoms with Crippen molar-refractivity contribution in [1.29, 1.82) is 0 Å². The molecule has 4 heteroatoms. The number of aromatic nitrogens is 1. The predicted molar refractivity (Wildman–Crippen MR) is 96.7 cm³/mol. The van der Waals surface area contributed by atoms with E-state index in [-0.39, 0.29) is 17.6 Å². The van der Waals surface area contributed by atoms with Gasteiger partial charge in [-0.3, -0.25) is 9.78 Å². The molecule has 1 aliphatic rings. The minimum atomic E-state index is -0.317. The average molecular weight is 340 g/mol. The molecule has 0 N–H and O–H groups in total. The number of benzene rings is 1. The highest BCUT2D eigenvalue weighted by Gasteiger charge is 2.31. The van der Waals surface area contributed by atoms with Crippen molar-refractivity contribution < 1.29 is 9.18 Å². The van der Waals surface area contributed by atoms with Crippen LogP contribution < -0.4 is 0 Å². The Bertz CT molecular complexity index is 687. The van der Waals surface area contributed by atoms with Crippen molar-refractivity contribution in [2.75, 3.05) is 6.54 Å². The Kier molecular flexibility index (Phi) is 5.79. The van der Waals surface area contributed by atoms with Gasteiger partial charge < -0.3 is 4.90 Å². The lowest BCUT2D eigenvalue weighted by atomic mass is 9.90. The van der Waals surface area contributed by atoms with Crippen molar-refractivity contribution >= 4 is 5.91 Å². The Balaban J connectivity index is 1.89. The molecule has 3 rings (SSSR count). The van der Waals surface area contributed by atoms with Crippen LogP contribution in [0.2, 0.25) is 0 Å². The van der Waals surface area contributed by atoms with Crippen molar-refractivity contribution in [3.63, 3.8) is 0 Å². The average Bonchev–Trinajstić information content (AvgIpc) is 2.67. The third kappa shape index (κ3) is 4.25. The van der Waals surface area contributed by atoms with Gasteiger partial charge in [-0.2, -0.15) is 0 Å². The van der Waals surface area contributed by atoms with Gasteiger partial charge in [0.05, 0.1) is 5.92 Å². The summed E-state index contributed by atoms with van der Waals surface area (Å²) in [6, 6.07) is 12.4. The molecule has 1 aliphatic heterocycles. The summed E-state index contributed by atoms with van der Waals surface area (Å²) >= 11 is 0. The number of piperidine rings is 1. The Labute approximate surface area is 148 Å². The lowest BCUT2D eigenvalue weighted by Gasteiger charge is -2.37. The van der Waals surface area contributed by atoms with E-state index in [1.807, 2.05) is 23.1 Å². The summed E-state index contributed by atoms with van der Waals surface area (Å²) in [4.78, 5) is 19.8. The molecule has 132 valence electrons. The van der Waals surface area contributed by atoms with Crippen molar-refractivity contribution in [3.05, 3.63) is 65.7 Å². The predicted octanol–water partition coefficient (Wildman–Crippen LogP) is 4.34. The third-order valence-corrected chi connectivity index (χ3v) is 5.09. The van der Waals surface area contributed by atoms with Crippen LogP contribution in [0.3, 0.4) is 0 Å². The highest BCUT2D eigenvalue weighted by Crippen LogP contribution is 2.28. The molecule has 25 heavy (non-hydrogen) atoms. The van der Waals surface area contributed by atoms with Gasteiger partial charge >= 0.3 is 0 Å². The Morgan fingerprint density at radius 2 is 2.04 bits per heavy atom. The molecule has 0 saturated carbocycles. The van der Waals surface area contributed by atoms with Crippen LogP contribution in [0.1, 0.15) is 49.8 Å².